The van der Waals surface area contributed by atoms with E-state index in [1.807, 2.05) is 0 Å². The van der Waals surface area contributed by atoms with Crippen molar-refractivity contribution in [1.82, 2.24) is 0 Å². The number of anilines is 3. The number of hydrogen-bond donors (Lipinski definition) is 0. The van der Waals surface area contributed by atoms with Crippen molar-refractivity contribution in [2.45, 2.75) is 70.1 Å². The van der Waals surface area contributed by atoms with Crippen LogP contribution in [-0.2, 0) is 21.7 Å². The predicted octanol–water partition coefficient (Wildman–Crippen LogP) is 19.9. The van der Waals surface area contributed by atoms with E-state index in [-0.39, 0.29) is 16.2 Å². The summed E-state index contributed by atoms with van der Waals surface area (Å²) in [5.41, 5.74) is 27.0. The maximum atomic E-state index is 2.58. The summed E-state index contributed by atoms with van der Waals surface area (Å²) in [7, 11) is 0. The minimum Gasteiger partial charge on any atom is -0.310 e. The first-order chi connectivity index (χ1) is 36.8. The van der Waals surface area contributed by atoms with E-state index in [1.165, 1.54) is 116 Å². The zero-order valence-electron chi connectivity index (χ0n) is 44.5. The second kappa shape index (κ2) is 16.7. The third-order valence-corrected chi connectivity index (χ3v) is 17.5. The first kappa shape index (κ1) is 46.0. The Morgan fingerprint density at radius 1 is 0.316 bits per heavy atom. The molecule has 0 aromatic heterocycles. The Morgan fingerprint density at radius 3 is 1.36 bits per heavy atom. The summed E-state index contributed by atoms with van der Waals surface area (Å²) in [6.45, 7) is 16.5. The molecule has 0 fully saturated rings. The van der Waals surface area contributed by atoms with Gasteiger partial charge in [-0.1, -0.05) is 254 Å². The van der Waals surface area contributed by atoms with Gasteiger partial charge in [-0.15, -0.1) is 0 Å². The van der Waals surface area contributed by atoms with Crippen LogP contribution in [0, 0.1) is 0 Å². The highest BCUT2D eigenvalue weighted by atomic mass is 15.1. The van der Waals surface area contributed by atoms with E-state index in [2.05, 4.69) is 296 Å². The molecule has 3 aliphatic carbocycles. The zero-order chi connectivity index (χ0) is 51.7. The lowest BCUT2D eigenvalue weighted by molar-refractivity contribution is 0.586. The molecule has 11 aromatic rings. The molecule has 1 unspecified atom stereocenters. The van der Waals surface area contributed by atoms with Crippen LogP contribution in [0.2, 0.25) is 0 Å². The SMILES string of the molecule is CC(C)(C)c1ccc2c(c1)C1(c3ccccc3-c3ccc(N(c4ccc5c(c4)C(C)(c4ccccc4)c4ccccc4-5)c4ccccc4-c4cccc5cccc(-c6ccccc6)c45)cc31)c1cc(C(C)(C)C)ccc1-2. The first-order valence-corrected chi connectivity index (χ1v) is 27.2. The smallest absolute Gasteiger partial charge is 0.0726 e. The number of benzene rings is 11. The summed E-state index contributed by atoms with van der Waals surface area (Å²) in [5, 5.41) is 2.46. The van der Waals surface area contributed by atoms with E-state index in [9.17, 15) is 0 Å². The lowest BCUT2D eigenvalue weighted by atomic mass is 9.68. The average Bonchev–Trinajstić information content (AvgIpc) is 4.25. The number of nitrogens with zero attached hydrogens (tertiary/aromatic N) is 1. The fourth-order valence-electron chi connectivity index (χ4n) is 13.7. The number of rotatable bonds is 6. The summed E-state index contributed by atoms with van der Waals surface area (Å²) in [6, 6.07) is 92.5. The summed E-state index contributed by atoms with van der Waals surface area (Å²) < 4.78 is 0. The molecule has 1 nitrogen and oxygen atoms in total. The van der Waals surface area contributed by atoms with Gasteiger partial charge in [0.1, 0.15) is 0 Å². The maximum Gasteiger partial charge on any atom is 0.0726 e. The third-order valence-electron chi connectivity index (χ3n) is 17.5. The third kappa shape index (κ3) is 6.64. The molecule has 366 valence electrons. The van der Waals surface area contributed by atoms with Gasteiger partial charge in [0, 0.05) is 22.4 Å². The predicted molar refractivity (Wildman–Crippen MR) is 321 cm³/mol. The lowest BCUT2D eigenvalue weighted by Gasteiger charge is -2.34. The zero-order valence-corrected chi connectivity index (χ0v) is 44.5. The number of hydrogen-bond acceptors (Lipinski definition) is 1. The largest absolute Gasteiger partial charge is 0.310 e. The van der Waals surface area contributed by atoms with Gasteiger partial charge in [0.15, 0.2) is 0 Å². The van der Waals surface area contributed by atoms with Gasteiger partial charge < -0.3 is 4.90 Å². The maximum absolute atomic E-state index is 2.58. The molecule has 0 amide bonds. The van der Waals surface area contributed by atoms with Crippen molar-refractivity contribution in [3.8, 4) is 55.6 Å². The summed E-state index contributed by atoms with van der Waals surface area (Å²) >= 11 is 0. The van der Waals surface area contributed by atoms with E-state index in [0.717, 1.165) is 17.1 Å². The molecule has 11 aromatic carbocycles. The fraction of sp³-hybridized carbons (Fsp3) is 0.147. The number of para-hydroxylation sites is 1. The van der Waals surface area contributed by atoms with Crippen LogP contribution in [0.1, 0.15) is 98.5 Å². The van der Waals surface area contributed by atoms with Crippen LogP contribution in [0.3, 0.4) is 0 Å². The van der Waals surface area contributed by atoms with Crippen LogP contribution in [0.5, 0.6) is 0 Å². The summed E-state index contributed by atoms with van der Waals surface area (Å²) in [4.78, 5) is 2.58. The number of fused-ring (bicyclic) bond motifs is 14. The van der Waals surface area contributed by atoms with E-state index in [0.29, 0.717) is 0 Å². The molecule has 0 radical (unpaired) electrons. The second-order valence-electron chi connectivity index (χ2n) is 23.7. The van der Waals surface area contributed by atoms with Crippen LogP contribution >= 0.6 is 0 Å². The topological polar surface area (TPSA) is 3.24 Å². The van der Waals surface area contributed by atoms with Crippen molar-refractivity contribution >= 4 is 27.8 Å². The molecule has 14 rings (SSSR count). The Bertz CT molecular complexity index is 4070. The molecular weight excluding hydrogens is 915 g/mol. The molecule has 0 aliphatic heterocycles. The quantitative estimate of drug-likeness (QED) is 0.160. The molecule has 1 atom stereocenters. The Balaban J connectivity index is 1.08. The van der Waals surface area contributed by atoms with Crippen LogP contribution in [-0.4, -0.2) is 0 Å². The van der Waals surface area contributed by atoms with Gasteiger partial charge >= 0.3 is 0 Å². The van der Waals surface area contributed by atoms with Crippen molar-refractivity contribution in [2.24, 2.45) is 0 Å². The summed E-state index contributed by atoms with van der Waals surface area (Å²) in [5.74, 6) is 0. The normalized spacial score (nSPS) is 15.5. The molecule has 3 aliphatic rings. The molecule has 1 heteroatoms. The summed E-state index contributed by atoms with van der Waals surface area (Å²) in [6.07, 6.45) is 0. The van der Waals surface area contributed by atoms with Crippen molar-refractivity contribution in [3.05, 3.63) is 293 Å². The van der Waals surface area contributed by atoms with Gasteiger partial charge in [-0.25, -0.2) is 0 Å². The molecule has 0 saturated heterocycles. The molecule has 0 saturated carbocycles. The molecule has 0 heterocycles. The van der Waals surface area contributed by atoms with Gasteiger partial charge in [0.05, 0.1) is 11.1 Å². The molecule has 0 N–H and O–H groups in total. The van der Waals surface area contributed by atoms with Crippen molar-refractivity contribution in [3.63, 3.8) is 0 Å². The molecule has 76 heavy (non-hydrogen) atoms. The Morgan fingerprint density at radius 2 is 0.750 bits per heavy atom. The monoisotopic (exact) mass is 975 g/mol. The van der Waals surface area contributed by atoms with Crippen molar-refractivity contribution in [1.29, 1.82) is 0 Å². The molecule has 0 bridgehead atoms. The van der Waals surface area contributed by atoms with Crippen molar-refractivity contribution < 1.29 is 0 Å². The molecule has 1 spiro atoms. The Kier molecular flexibility index (Phi) is 10.1. The average molecular weight is 976 g/mol. The van der Waals surface area contributed by atoms with E-state index < -0.39 is 5.41 Å². The van der Waals surface area contributed by atoms with Gasteiger partial charge in [-0.3, -0.25) is 0 Å². The van der Waals surface area contributed by atoms with E-state index >= 15 is 0 Å². The van der Waals surface area contributed by atoms with Crippen LogP contribution < -0.4 is 4.90 Å². The van der Waals surface area contributed by atoms with Crippen LogP contribution in [0.15, 0.2) is 243 Å². The van der Waals surface area contributed by atoms with E-state index in [4.69, 9.17) is 0 Å². The van der Waals surface area contributed by atoms with Gasteiger partial charge in [0.25, 0.3) is 0 Å². The highest BCUT2D eigenvalue weighted by Gasteiger charge is 2.53. The highest BCUT2D eigenvalue weighted by molar-refractivity contribution is 6.09. The Hall–Kier alpha value is -8.52. The van der Waals surface area contributed by atoms with Crippen LogP contribution in [0.4, 0.5) is 17.1 Å². The fourth-order valence-corrected chi connectivity index (χ4v) is 13.7. The van der Waals surface area contributed by atoms with Crippen LogP contribution in [0.25, 0.3) is 66.4 Å². The van der Waals surface area contributed by atoms with Gasteiger partial charge in [0.2, 0.25) is 0 Å². The van der Waals surface area contributed by atoms with Gasteiger partial charge in [-0.2, -0.15) is 0 Å². The first-order valence-electron chi connectivity index (χ1n) is 27.2. The van der Waals surface area contributed by atoms with Gasteiger partial charge in [-0.05, 0) is 159 Å². The minimum atomic E-state index is -0.564. The highest BCUT2D eigenvalue weighted by Crippen LogP contribution is 2.65. The van der Waals surface area contributed by atoms with Crippen molar-refractivity contribution in [2.75, 3.05) is 4.90 Å². The van der Waals surface area contributed by atoms with E-state index in [1.54, 1.807) is 0 Å². The lowest BCUT2D eigenvalue weighted by Crippen LogP contribution is -2.27. The second-order valence-corrected chi connectivity index (χ2v) is 23.7. The molecular formula is C75H61N. The minimum absolute atomic E-state index is 0.0473. The standard InChI is InChI=1S/C75H61N/c1-72(2,3)51-36-40-59-60-41-37-52(73(4,5)6)45-68(60)75(67(59)44-51)65-34-18-15-29-57(65)61-43-39-54(47-69(61)75)76(53-38-42-58-56-28-14-17-33-64(56)74(7,66(58)46-53)50-26-12-9-13-27-50)70-35-19-16-30-62(70)63-32-21-25-49-24-20-31-55(71(49)63)48-22-10-8-11-23-48/h8-47H,1-7H3. The Labute approximate surface area is 448 Å².